The number of hydrogen-bond acceptors (Lipinski definition) is 6. The van der Waals surface area contributed by atoms with E-state index in [0.717, 1.165) is 39.3 Å². The van der Waals surface area contributed by atoms with Crippen molar-refractivity contribution in [3.63, 3.8) is 0 Å². The fourth-order valence-corrected chi connectivity index (χ4v) is 4.83. The first kappa shape index (κ1) is 17.1. The monoisotopic (exact) mass is 360 g/mol. The normalized spacial score (nSPS) is 40.2. The lowest BCUT2D eigenvalue weighted by Crippen LogP contribution is -2.43. The van der Waals surface area contributed by atoms with Gasteiger partial charge in [-0.25, -0.2) is 9.80 Å². The van der Waals surface area contributed by atoms with Gasteiger partial charge in [-0.05, 0) is 24.0 Å². The second-order valence-corrected chi connectivity index (χ2v) is 8.04. The zero-order valence-corrected chi connectivity index (χ0v) is 15.6. The molecule has 1 aromatic carbocycles. The predicted octanol–water partition coefficient (Wildman–Crippen LogP) is 2.62. The van der Waals surface area contributed by atoms with Crippen LogP contribution in [0, 0.1) is 0 Å². The molecule has 0 amide bonds. The molecule has 6 heteroatoms. The van der Waals surface area contributed by atoms with Gasteiger partial charge in [-0.2, -0.15) is 0 Å². The molecule has 4 aliphatic heterocycles. The lowest BCUT2D eigenvalue weighted by molar-refractivity contribution is -0.00858. The first-order valence-electron chi connectivity index (χ1n) is 9.73. The van der Waals surface area contributed by atoms with Gasteiger partial charge in [0.15, 0.2) is 0 Å². The summed E-state index contributed by atoms with van der Waals surface area (Å²) < 4.78 is 23.8. The lowest BCUT2D eigenvalue weighted by atomic mass is 9.97. The van der Waals surface area contributed by atoms with E-state index in [1.165, 1.54) is 11.1 Å². The van der Waals surface area contributed by atoms with Crippen molar-refractivity contribution in [3.05, 3.63) is 35.4 Å². The highest BCUT2D eigenvalue weighted by Crippen LogP contribution is 2.44. The molecule has 4 saturated heterocycles. The smallest absolute Gasteiger partial charge is 0.139 e. The fraction of sp³-hybridized carbons (Fsp3) is 0.700. The van der Waals surface area contributed by atoms with Crippen molar-refractivity contribution in [2.24, 2.45) is 0 Å². The highest BCUT2D eigenvalue weighted by molar-refractivity contribution is 5.28. The number of rotatable bonds is 4. The molecule has 142 valence electrons. The summed E-state index contributed by atoms with van der Waals surface area (Å²) in [6.07, 6.45) is 2.07. The summed E-state index contributed by atoms with van der Waals surface area (Å²) in [5.41, 5.74) is 2.47. The highest BCUT2D eigenvalue weighted by Gasteiger charge is 2.52. The molecule has 4 aliphatic rings. The summed E-state index contributed by atoms with van der Waals surface area (Å²) in [5, 5.41) is 0. The van der Waals surface area contributed by atoms with E-state index in [2.05, 4.69) is 47.9 Å². The molecule has 26 heavy (non-hydrogen) atoms. The number of hydrogen-bond donors (Lipinski definition) is 0. The number of nitrogens with zero attached hydrogens (tertiary/aromatic N) is 2. The second kappa shape index (κ2) is 6.26. The Kier molecular flexibility index (Phi) is 4.12. The van der Waals surface area contributed by atoms with E-state index in [9.17, 15) is 0 Å². The summed E-state index contributed by atoms with van der Waals surface area (Å²) in [7, 11) is 0. The zero-order chi connectivity index (χ0) is 17.8. The Morgan fingerprint density at radius 1 is 0.769 bits per heavy atom. The van der Waals surface area contributed by atoms with Crippen molar-refractivity contribution >= 4 is 0 Å². The minimum Gasteiger partial charge on any atom is -0.364 e. The van der Waals surface area contributed by atoms with Gasteiger partial charge < -0.3 is 18.9 Å². The standard InChI is InChI=1S/C20H28N2O4/c1-3-19-9-23-13-21(19)17(25-11-19)15-5-7-16(8-6-15)18-22-14-24-10-20(22,4-2)12-26-18/h5-8,17-18H,3-4,9-14H2,1-2H3/t17-,18-,19+,20+/m0/s1. The molecule has 6 nitrogen and oxygen atoms in total. The Morgan fingerprint density at radius 3 is 1.58 bits per heavy atom. The van der Waals surface area contributed by atoms with E-state index in [4.69, 9.17) is 18.9 Å². The molecule has 5 rings (SSSR count). The van der Waals surface area contributed by atoms with Crippen LogP contribution in [0.3, 0.4) is 0 Å². The van der Waals surface area contributed by atoms with E-state index in [1.807, 2.05) is 0 Å². The second-order valence-electron chi connectivity index (χ2n) is 8.04. The molecule has 0 bridgehead atoms. The maximum Gasteiger partial charge on any atom is 0.139 e. The van der Waals surface area contributed by atoms with Crippen LogP contribution in [0.25, 0.3) is 0 Å². The van der Waals surface area contributed by atoms with Crippen molar-refractivity contribution in [1.29, 1.82) is 0 Å². The average molecular weight is 360 g/mol. The lowest BCUT2D eigenvalue weighted by Gasteiger charge is -2.30. The Labute approximate surface area is 154 Å². The molecule has 0 N–H and O–H groups in total. The van der Waals surface area contributed by atoms with Crippen LogP contribution >= 0.6 is 0 Å². The summed E-state index contributed by atoms with van der Waals surface area (Å²) in [5.74, 6) is 0. The first-order valence-corrected chi connectivity index (χ1v) is 9.73. The van der Waals surface area contributed by atoms with Gasteiger partial charge in [-0.15, -0.1) is 0 Å². The van der Waals surface area contributed by atoms with Gasteiger partial charge >= 0.3 is 0 Å². The van der Waals surface area contributed by atoms with Crippen LogP contribution in [0.2, 0.25) is 0 Å². The maximum atomic E-state index is 6.15. The summed E-state index contributed by atoms with van der Waals surface area (Å²) in [6.45, 7) is 8.74. The number of ether oxygens (including phenoxy) is 4. The van der Waals surface area contributed by atoms with Crippen LogP contribution in [0.15, 0.2) is 24.3 Å². The molecule has 0 aromatic heterocycles. The molecule has 0 aliphatic carbocycles. The van der Waals surface area contributed by atoms with Crippen LogP contribution in [0.4, 0.5) is 0 Å². The SMILES string of the molecule is CC[C@]12COCN1[C@H](c1ccc([C@@H]3OC[C@@]4(CC)COCN34)cc1)OC2. The quantitative estimate of drug-likeness (QED) is 0.822. The van der Waals surface area contributed by atoms with Crippen molar-refractivity contribution in [1.82, 2.24) is 9.80 Å². The van der Waals surface area contributed by atoms with Gasteiger partial charge in [0, 0.05) is 0 Å². The van der Waals surface area contributed by atoms with Gasteiger partial charge in [0.2, 0.25) is 0 Å². The topological polar surface area (TPSA) is 43.4 Å². The fourth-order valence-electron chi connectivity index (χ4n) is 4.83. The van der Waals surface area contributed by atoms with E-state index in [-0.39, 0.29) is 23.5 Å². The molecule has 0 saturated carbocycles. The summed E-state index contributed by atoms with van der Waals surface area (Å²) >= 11 is 0. The first-order chi connectivity index (χ1) is 12.7. The Hall–Kier alpha value is -1.02. The van der Waals surface area contributed by atoms with Crippen molar-refractivity contribution in [3.8, 4) is 0 Å². The Morgan fingerprint density at radius 2 is 1.19 bits per heavy atom. The molecule has 0 spiro atoms. The minimum atomic E-state index is -0.0131. The molecule has 0 radical (unpaired) electrons. The minimum absolute atomic E-state index is 0.0131. The molecule has 4 atom stereocenters. The maximum absolute atomic E-state index is 6.15. The molecule has 4 fully saturated rings. The molecule has 1 aromatic rings. The molecule has 4 heterocycles. The van der Waals surface area contributed by atoms with Gasteiger partial charge in [0.25, 0.3) is 0 Å². The van der Waals surface area contributed by atoms with Gasteiger partial charge in [0.05, 0.1) is 37.5 Å². The Balaban J connectivity index is 1.36. The van der Waals surface area contributed by atoms with Crippen molar-refractivity contribution in [2.75, 3.05) is 39.9 Å². The third-order valence-electron chi connectivity index (χ3n) is 6.83. The van der Waals surface area contributed by atoms with Crippen molar-refractivity contribution in [2.45, 2.75) is 50.2 Å². The summed E-state index contributed by atoms with van der Waals surface area (Å²) in [4.78, 5) is 4.73. The van der Waals surface area contributed by atoms with E-state index >= 15 is 0 Å². The predicted molar refractivity (Wildman–Crippen MR) is 95.2 cm³/mol. The number of benzene rings is 1. The van der Waals surface area contributed by atoms with Gasteiger partial charge in [-0.1, -0.05) is 38.1 Å². The third kappa shape index (κ3) is 2.33. The van der Waals surface area contributed by atoms with Gasteiger partial charge in [0.1, 0.15) is 25.9 Å². The van der Waals surface area contributed by atoms with Gasteiger partial charge in [-0.3, -0.25) is 0 Å². The zero-order valence-electron chi connectivity index (χ0n) is 15.6. The van der Waals surface area contributed by atoms with E-state index < -0.39 is 0 Å². The molecule has 0 unspecified atom stereocenters. The highest BCUT2D eigenvalue weighted by atomic mass is 16.6. The molecular weight excluding hydrogens is 332 g/mol. The van der Waals surface area contributed by atoms with Crippen LogP contribution in [-0.2, 0) is 18.9 Å². The Bertz CT molecular complexity index is 611. The average Bonchev–Trinajstić information content (AvgIpc) is 3.41. The van der Waals surface area contributed by atoms with Crippen molar-refractivity contribution < 1.29 is 18.9 Å². The van der Waals surface area contributed by atoms with Crippen LogP contribution in [0.5, 0.6) is 0 Å². The molecular formula is C20H28N2O4. The summed E-state index contributed by atoms with van der Waals surface area (Å²) in [6, 6.07) is 8.71. The number of fused-ring (bicyclic) bond motifs is 2. The van der Waals surface area contributed by atoms with E-state index in [1.54, 1.807) is 0 Å². The van der Waals surface area contributed by atoms with E-state index in [0.29, 0.717) is 13.5 Å². The largest absolute Gasteiger partial charge is 0.364 e. The van der Waals surface area contributed by atoms with Crippen LogP contribution in [-0.4, -0.2) is 60.8 Å². The third-order valence-corrected chi connectivity index (χ3v) is 6.83. The van der Waals surface area contributed by atoms with Crippen LogP contribution < -0.4 is 0 Å². The van der Waals surface area contributed by atoms with Crippen LogP contribution in [0.1, 0.15) is 50.3 Å².